The van der Waals surface area contributed by atoms with E-state index in [1.54, 1.807) is 23.1 Å². The van der Waals surface area contributed by atoms with E-state index in [1.165, 1.54) is 26.0 Å². The van der Waals surface area contributed by atoms with E-state index in [-0.39, 0.29) is 17.2 Å². The quantitative estimate of drug-likeness (QED) is 0.471. The molecule has 0 aliphatic carbocycles. The minimum Gasteiger partial charge on any atom is -0.493 e. The maximum absolute atomic E-state index is 12.9. The highest BCUT2D eigenvalue weighted by atomic mass is 32.2. The summed E-state index contributed by atoms with van der Waals surface area (Å²) < 4.78 is 16.2. The van der Waals surface area contributed by atoms with Gasteiger partial charge in [0.15, 0.2) is 11.5 Å². The number of aromatic carboxylic acids is 1. The fourth-order valence-corrected chi connectivity index (χ4v) is 4.69. The number of carbonyl (C=O) groups is 2. The van der Waals surface area contributed by atoms with Crippen LogP contribution in [0.2, 0.25) is 0 Å². The Morgan fingerprint density at radius 3 is 2.63 bits per heavy atom. The molecule has 2 aliphatic heterocycles. The van der Waals surface area contributed by atoms with Crippen LogP contribution in [-0.2, 0) is 9.53 Å². The van der Waals surface area contributed by atoms with Gasteiger partial charge in [0.2, 0.25) is 0 Å². The van der Waals surface area contributed by atoms with Crippen LogP contribution in [-0.4, -0.2) is 84.7 Å². The molecule has 3 rings (SSSR count). The molecule has 1 aromatic rings. The number of carboxylic acid groups (broad SMARTS) is 1. The van der Waals surface area contributed by atoms with Gasteiger partial charge >= 0.3 is 5.97 Å². The maximum atomic E-state index is 12.9. The van der Waals surface area contributed by atoms with Gasteiger partial charge in [0.25, 0.3) is 5.91 Å². The minimum absolute atomic E-state index is 0.0607. The molecule has 1 amide bonds. The fraction of sp³-hybridized carbons (Fsp3) is 0.450. The van der Waals surface area contributed by atoms with Crippen LogP contribution in [0.4, 0.5) is 0 Å². The van der Waals surface area contributed by atoms with E-state index < -0.39 is 5.97 Å². The molecule has 10 heteroatoms. The predicted octanol–water partition coefficient (Wildman–Crippen LogP) is 2.33. The molecule has 0 atom stereocenters. The molecule has 0 aromatic heterocycles. The number of ether oxygens (including phenoxy) is 3. The third-order valence-electron chi connectivity index (χ3n) is 4.91. The van der Waals surface area contributed by atoms with E-state index in [2.05, 4.69) is 4.90 Å². The summed E-state index contributed by atoms with van der Waals surface area (Å²) >= 11 is 6.56. The summed E-state index contributed by atoms with van der Waals surface area (Å²) in [6.07, 6.45) is 2.35. The summed E-state index contributed by atoms with van der Waals surface area (Å²) in [6, 6.07) is 3.20. The summed E-state index contributed by atoms with van der Waals surface area (Å²) in [5.74, 6) is -0.960. The van der Waals surface area contributed by atoms with E-state index in [1.807, 2.05) is 0 Å². The number of methoxy groups -OCH3 is 2. The summed E-state index contributed by atoms with van der Waals surface area (Å²) in [7, 11) is 2.81. The van der Waals surface area contributed by atoms with E-state index in [9.17, 15) is 14.7 Å². The summed E-state index contributed by atoms with van der Waals surface area (Å²) in [5.41, 5.74) is 0.295. The van der Waals surface area contributed by atoms with Crippen molar-refractivity contribution in [1.82, 2.24) is 9.80 Å². The fourth-order valence-electron chi connectivity index (χ4n) is 3.39. The normalized spacial score (nSPS) is 18.9. The van der Waals surface area contributed by atoms with Gasteiger partial charge in [-0.15, -0.1) is 0 Å². The molecule has 0 unspecified atom stereocenters. The van der Waals surface area contributed by atoms with Crippen LogP contribution in [0.15, 0.2) is 17.0 Å². The molecule has 8 nitrogen and oxygen atoms in total. The third-order valence-corrected chi connectivity index (χ3v) is 6.29. The number of carbonyl (C=O) groups excluding carboxylic acids is 1. The van der Waals surface area contributed by atoms with Crippen molar-refractivity contribution in [1.29, 1.82) is 0 Å². The Hall–Kier alpha value is -2.14. The number of thioether (sulfide) groups is 1. The monoisotopic (exact) mass is 452 g/mol. The van der Waals surface area contributed by atoms with Crippen LogP contribution in [0.1, 0.15) is 22.3 Å². The summed E-state index contributed by atoms with van der Waals surface area (Å²) in [6.45, 7) is 4.67. The molecule has 0 spiro atoms. The number of rotatable bonds is 8. The Labute approximate surface area is 184 Å². The average molecular weight is 453 g/mol. The highest BCUT2D eigenvalue weighted by molar-refractivity contribution is 8.26. The van der Waals surface area contributed by atoms with Crippen molar-refractivity contribution in [2.75, 3.05) is 53.6 Å². The average Bonchev–Trinajstić information content (AvgIpc) is 3.01. The van der Waals surface area contributed by atoms with Gasteiger partial charge in [0.1, 0.15) is 9.88 Å². The largest absolute Gasteiger partial charge is 0.493 e. The molecule has 2 heterocycles. The molecule has 162 valence electrons. The van der Waals surface area contributed by atoms with E-state index >= 15 is 0 Å². The van der Waals surface area contributed by atoms with Crippen molar-refractivity contribution in [2.24, 2.45) is 0 Å². The van der Waals surface area contributed by atoms with E-state index in [0.717, 1.165) is 39.3 Å². The minimum atomic E-state index is -1.17. The predicted molar refractivity (Wildman–Crippen MR) is 118 cm³/mol. The smallest absolute Gasteiger partial charge is 0.340 e. The van der Waals surface area contributed by atoms with Crippen molar-refractivity contribution in [3.63, 3.8) is 0 Å². The number of morpholine rings is 1. The van der Waals surface area contributed by atoms with Crippen molar-refractivity contribution in [3.05, 3.63) is 28.2 Å². The van der Waals surface area contributed by atoms with Crippen LogP contribution in [0.25, 0.3) is 6.08 Å². The Bertz CT molecular complexity index is 867. The first-order chi connectivity index (χ1) is 14.5. The van der Waals surface area contributed by atoms with E-state index in [0.29, 0.717) is 27.1 Å². The van der Waals surface area contributed by atoms with Gasteiger partial charge in [-0.05, 0) is 24.1 Å². The number of amides is 1. The van der Waals surface area contributed by atoms with Gasteiger partial charge in [-0.25, -0.2) is 4.79 Å². The lowest BCUT2D eigenvalue weighted by Crippen LogP contribution is -2.38. The number of thiocarbonyl (C=S) groups is 1. The van der Waals surface area contributed by atoms with Gasteiger partial charge in [-0.3, -0.25) is 14.6 Å². The van der Waals surface area contributed by atoms with Crippen LogP contribution in [0.3, 0.4) is 0 Å². The molecule has 2 fully saturated rings. The molecule has 2 aliphatic rings. The Balaban J connectivity index is 1.75. The molecule has 1 aromatic carbocycles. The molecular weight excluding hydrogens is 428 g/mol. The van der Waals surface area contributed by atoms with Gasteiger partial charge in [-0.2, -0.15) is 0 Å². The van der Waals surface area contributed by atoms with Gasteiger partial charge in [0, 0.05) is 26.2 Å². The van der Waals surface area contributed by atoms with Crippen molar-refractivity contribution in [3.8, 4) is 11.5 Å². The third kappa shape index (κ3) is 4.94. The maximum Gasteiger partial charge on any atom is 0.340 e. The van der Waals surface area contributed by atoms with Crippen molar-refractivity contribution >= 4 is 46.3 Å². The van der Waals surface area contributed by atoms with Crippen LogP contribution >= 0.6 is 24.0 Å². The standard InChI is InChI=1S/C20H24N2O6S2/c1-26-14-5-4-13(16(19(24)25)17(14)27-2)12-15-18(23)22(20(29)30-15)7-3-6-21-8-10-28-11-9-21/h4-5,12H,3,6-11H2,1-2H3,(H,24,25)/b15-12+. The second-order valence-corrected chi connectivity index (χ2v) is 8.39. The topological polar surface area (TPSA) is 88.5 Å². The Kier molecular flexibility index (Phi) is 7.70. The van der Waals surface area contributed by atoms with Crippen LogP contribution in [0.5, 0.6) is 11.5 Å². The zero-order chi connectivity index (χ0) is 21.7. The molecule has 0 bridgehead atoms. The van der Waals surface area contributed by atoms with Crippen molar-refractivity contribution < 1.29 is 28.9 Å². The second-order valence-electron chi connectivity index (χ2n) is 6.71. The lowest BCUT2D eigenvalue weighted by atomic mass is 10.0. The lowest BCUT2D eigenvalue weighted by Gasteiger charge is -2.27. The van der Waals surface area contributed by atoms with Crippen molar-refractivity contribution in [2.45, 2.75) is 6.42 Å². The molecular formula is C20H24N2O6S2. The molecule has 0 saturated carbocycles. The van der Waals surface area contributed by atoms with Gasteiger partial charge in [-0.1, -0.05) is 30.0 Å². The summed E-state index contributed by atoms with van der Waals surface area (Å²) in [5, 5.41) is 9.68. The first-order valence-corrected chi connectivity index (χ1v) is 10.7. The number of hydrogen-bond donors (Lipinski definition) is 1. The molecule has 2 saturated heterocycles. The number of nitrogens with zero attached hydrogens (tertiary/aromatic N) is 2. The van der Waals surface area contributed by atoms with Crippen LogP contribution in [0, 0.1) is 0 Å². The molecule has 30 heavy (non-hydrogen) atoms. The lowest BCUT2D eigenvalue weighted by molar-refractivity contribution is -0.122. The van der Waals surface area contributed by atoms with Gasteiger partial charge in [0.05, 0.1) is 32.3 Å². The molecule has 0 radical (unpaired) electrons. The first-order valence-electron chi connectivity index (χ1n) is 9.50. The van der Waals surface area contributed by atoms with E-state index in [4.69, 9.17) is 26.4 Å². The summed E-state index contributed by atoms with van der Waals surface area (Å²) in [4.78, 5) is 29.0. The Morgan fingerprint density at radius 2 is 2.00 bits per heavy atom. The number of hydrogen-bond acceptors (Lipinski definition) is 8. The highest BCUT2D eigenvalue weighted by Crippen LogP contribution is 2.37. The highest BCUT2D eigenvalue weighted by Gasteiger charge is 2.32. The zero-order valence-electron chi connectivity index (χ0n) is 16.9. The van der Waals surface area contributed by atoms with Crippen LogP contribution < -0.4 is 9.47 Å². The number of benzene rings is 1. The SMILES string of the molecule is COc1ccc(/C=C2/SC(=S)N(CCCN3CCOCC3)C2=O)c(C(=O)O)c1OC. The second kappa shape index (κ2) is 10.3. The first kappa shape index (κ1) is 22.5. The Morgan fingerprint density at radius 1 is 1.27 bits per heavy atom. The van der Waals surface area contributed by atoms with Gasteiger partial charge < -0.3 is 19.3 Å². The molecule has 1 N–H and O–H groups in total. The zero-order valence-corrected chi connectivity index (χ0v) is 18.5. The number of carboxylic acids is 1.